The second-order valence-corrected chi connectivity index (χ2v) is 6.94. The zero-order valence-electron chi connectivity index (χ0n) is 14.9. The molecule has 24 heavy (non-hydrogen) atoms. The molecule has 2 rings (SSSR count). The second kappa shape index (κ2) is 10.7. The smallest absolute Gasteiger partial charge is 0.307 e. The predicted molar refractivity (Wildman–Crippen MR) is 95.0 cm³/mol. The molecule has 0 aromatic heterocycles. The number of carbonyl (C=O) groups is 1. The van der Waals surface area contributed by atoms with Gasteiger partial charge < -0.3 is 14.6 Å². The van der Waals surface area contributed by atoms with E-state index >= 15 is 0 Å². The molecule has 2 fully saturated rings. The molecule has 136 valence electrons. The van der Waals surface area contributed by atoms with Crippen LogP contribution in [-0.4, -0.2) is 36.5 Å². The highest BCUT2D eigenvalue weighted by Gasteiger charge is 2.48. The predicted octanol–water partition coefficient (Wildman–Crippen LogP) is 4.35. The molecule has 0 aliphatic carbocycles. The van der Waals surface area contributed by atoms with Gasteiger partial charge >= 0.3 is 5.97 Å². The van der Waals surface area contributed by atoms with Gasteiger partial charge in [0.2, 0.25) is 0 Å². The third kappa shape index (κ3) is 6.06. The summed E-state index contributed by atoms with van der Waals surface area (Å²) in [6, 6.07) is 0. The molecule has 2 aliphatic heterocycles. The highest BCUT2D eigenvalue weighted by atomic mass is 16.5. The van der Waals surface area contributed by atoms with Crippen molar-refractivity contribution in [3.63, 3.8) is 0 Å². The molecule has 0 aromatic rings. The van der Waals surface area contributed by atoms with E-state index in [9.17, 15) is 4.79 Å². The van der Waals surface area contributed by atoms with Crippen molar-refractivity contribution in [3.05, 3.63) is 24.3 Å². The average molecular weight is 336 g/mol. The van der Waals surface area contributed by atoms with E-state index in [4.69, 9.17) is 14.6 Å². The van der Waals surface area contributed by atoms with E-state index in [1.807, 2.05) is 12.2 Å². The van der Waals surface area contributed by atoms with Crippen LogP contribution in [0.25, 0.3) is 0 Å². The number of allylic oxidation sites excluding steroid dienone is 3. The largest absolute Gasteiger partial charge is 0.481 e. The summed E-state index contributed by atoms with van der Waals surface area (Å²) in [5, 5.41) is 8.59. The summed E-state index contributed by atoms with van der Waals surface area (Å²) in [7, 11) is 0. The van der Waals surface area contributed by atoms with E-state index in [1.165, 1.54) is 32.1 Å². The molecular weight excluding hydrogens is 304 g/mol. The van der Waals surface area contributed by atoms with E-state index < -0.39 is 5.97 Å². The van der Waals surface area contributed by atoms with Crippen molar-refractivity contribution in [1.29, 1.82) is 0 Å². The third-order valence-corrected chi connectivity index (χ3v) is 5.13. The Kier molecular flexibility index (Phi) is 8.54. The van der Waals surface area contributed by atoms with Gasteiger partial charge in [-0.25, -0.2) is 0 Å². The Morgan fingerprint density at radius 1 is 1.12 bits per heavy atom. The van der Waals surface area contributed by atoms with Crippen molar-refractivity contribution in [2.75, 3.05) is 13.2 Å². The Morgan fingerprint density at radius 2 is 1.88 bits per heavy atom. The van der Waals surface area contributed by atoms with Crippen molar-refractivity contribution in [1.82, 2.24) is 0 Å². The fourth-order valence-corrected chi connectivity index (χ4v) is 3.84. The summed E-state index contributed by atoms with van der Waals surface area (Å²) in [5.41, 5.74) is 0. The van der Waals surface area contributed by atoms with Gasteiger partial charge in [-0.1, -0.05) is 50.5 Å². The molecule has 1 N–H and O–H groups in total. The fourth-order valence-electron chi connectivity index (χ4n) is 3.84. The van der Waals surface area contributed by atoms with Gasteiger partial charge in [-0.15, -0.1) is 0 Å². The molecule has 0 aromatic carbocycles. The van der Waals surface area contributed by atoms with Crippen LogP contribution in [0.15, 0.2) is 24.3 Å². The average Bonchev–Trinajstić information content (AvgIpc) is 3.15. The van der Waals surface area contributed by atoms with E-state index in [0.717, 1.165) is 26.1 Å². The molecule has 0 spiro atoms. The van der Waals surface area contributed by atoms with Crippen molar-refractivity contribution < 1.29 is 19.4 Å². The van der Waals surface area contributed by atoms with E-state index in [-0.39, 0.29) is 6.42 Å². The van der Waals surface area contributed by atoms with Crippen LogP contribution in [0.5, 0.6) is 0 Å². The zero-order valence-corrected chi connectivity index (χ0v) is 14.9. The Balaban J connectivity index is 1.70. The van der Waals surface area contributed by atoms with Gasteiger partial charge in [0.05, 0.1) is 25.2 Å². The molecule has 0 saturated carbocycles. The summed E-state index contributed by atoms with van der Waals surface area (Å²) in [4.78, 5) is 10.4. The van der Waals surface area contributed by atoms with Crippen LogP contribution in [0, 0.1) is 11.8 Å². The number of hydrogen-bond acceptors (Lipinski definition) is 3. The lowest BCUT2D eigenvalue weighted by molar-refractivity contribution is -0.136. The van der Waals surface area contributed by atoms with Crippen LogP contribution in [0.1, 0.15) is 58.3 Å². The zero-order chi connectivity index (χ0) is 17.2. The number of fused-ring (bicyclic) bond motifs is 2. The molecule has 0 radical (unpaired) electrons. The van der Waals surface area contributed by atoms with Crippen LogP contribution in [-0.2, 0) is 14.3 Å². The maximum atomic E-state index is 10.4. The standard InChI is InChI=1S/C20H32O4/c1-2-3-4-9-14-23-15-17-16(18-12-13-19(17)24-18)10-7-5-6-8-11-20(21)22/h5-8,16-19H,2-4,9-15H2,1H3,(H,21,22)/t16-,17+,18-,19+/m0/s1. The van der Waals surface area contributed by atoms with Gasteiger partial charge in [0.25, 0.3) is 0 Å². The molecule has 2 heterocycles. The van der Waals surface area contributed by atoms with E-state index in [0.29, 0.717) is 24.0 Å². The molecule has 2 bridgehead atoms. The maximum absolute atomic E-state index is 10.4. The molecule has 2 saturated heterocycles. The summed E-state index contributed by atoms with van der Waals surface area (Å²) in [6.45, 7) is 3.91. The van der Waals surface area contributed by atoms with Gasteiger partial charge in [0, 0.05) is 12.5 Å². The lowest BCUT2D eigenvalue weighted by Gasteiger charge is -2.27. The molecule has 4 heteroatoms. The SMILES string of the molecule is CCCCCCOC[C@@H]1[C@H](CC=CC=CCC(=O)O)[C@@H]2CC[C@H]1O2. The second-order valence-electron chi connectivity index (χ2n) is 6.94. The third-order valence-electron chi connectivity index (χ3n) is 5.13. The van der Waals surface area contributed by atoms with E-state index in [2.05, 4.69) is 13.0 Å². The highest BCUT2D eigenvalue weighted by molar-refractivity contribution is 5.68. The summed E-state index contributed by atoms with van der Waals surface area (Å²) in [6.07, 6.45) is 16.7. The Bertz CT molecular complexity index is 429. The van der Waals surface area contributed by atoms with Gasteiger partial charge in [-0.2, -0.15) is 0 Å². The van der Waals surface area contributed by atoms with Crippen molar-refractivity contribution in [2.24, 2.45) is 11.8 Å². The van der Waals surface area contributed by atoms with Crippen molar-refractivity contribution in [3.8, 4) is 0 Å². The minimum absolute atomic E-state index is 0.0794. The number of unbranched alkanes of at least 4 members (excludes halogenated alkanes) is 3. The van der Waals surface area contributed by atoms with E-state index in [1.54, 1.807) is 6.08 Å². The monoisotopic (exact) mass is 336 g/mol. The summed E-state index contributed by atoms with van der Waals surface area (Å²) >= 11 is 0. The molecule has 4 nitrogen and oxygen atoms in total. The molecular formula is C20H32O4. The number of aliphatic carboxylic acids is 1. The van der Waals surface area contributed by atoms with Crippen LogP contribution in [0.3, 0.4) is 0 Å². The molecule has 4 atom stereocenters. The lowest BCUT2D eigenvalue weighted by atomic mass is 9.78. The minimum atomic E-state index is -0.794. The number of carboxylic acid groups (broad SMARTS) is 1. The number of ether oxygens (including phenoxy) is 2. The van der Waals surface area contributed by atoms with Crippen LogP contribution < -0.4 is 0 Å². The number of rotatable bonds is 12. The molecule has 0 amide bonds. The molecule has 2 aliphatic rings. The molecule has 0 unspecified atom stereocenters. The van der Waals surface area contributed by atoms with Gasteiger partial charge in [-0.05, 0) is 31.6 Å². The first-order chi connectivity index (χ1) is 11.7. The van der Waals surface area contributed by atoms with Gasteiger partial charge in [0.15, 0.2) is 0 Å². The lowest BCUT2D eigenvalue weighted by Crippen LogP contribution is -2.30. The first-order valence-corrected chi connectivity index (χ1v) is 9.49. The highest BCUT2D eigenvalue weighted by Crippen LogP contribution is 2.45. The summed E-state index contributed by atoms with van der Waals surface area (Å²) in [5.74, 6) is 0.267. The first-order valence-electron chi connectivity index (χ1n) is 9.49. The quantitative estimate of drug-likeness (QED) is 0.425. The number of hydrogen-bond donors (Lipinski definition) is 1. The normalized spacial score (nSPS) is 29.2. The Labute approximate surface area is 145 Å². The van der Waals surface area contributed by atoms with Crippen molar-refractivity contribution in [2.45, 2.75) is 70.5 Å². The van der Waals surface area contributed by atoms with Gasteiger partial charge in [-0.3, -0.25) is 4.79 Å². The fraction of sp³-hybridized carbons (Fsp3) is 0.750. The van der Waals surface area contributed by atoms with Crippen LogP contribution in [0.2, 0.25) is 0 Å². The summed E-state index contributed by atoms with van der Waals surface area (Å²) < 4.78 is 12.0. The Morgan fingerprint density at radius 3 is 2.62 bits per heavy atom. The van der Waals surface area contributed by atoms with Gasteiger partial charge in [0.1, 0.15) is 0 Å². The van der Waals surface area contributed by atoms with Crippen LogP contribution >= 0.6 is 0 Å². The Hall–Kier alpha value is -1.13. The topological polar surface area (TPSA) is 55.8 Å². The number of carboxylic acids is 1. The van der Waals surface area contributed by atoms with Crippen LogP contribution in [0.4, 0.5) is 0 Å². The van der Waals surface area contributed by atoms with Crippen molar-refractivity contribution >= 4 is 5.97 Å². The maximum Gasteiger partial charge on any atom is 0.307 e. The minimum Gasteiger partial charge on any atom is -0.481 e. The first kappa shape index (κ1) is 19.2.